The SMILES string of the molecule is Cc1ccc(OC[C@H](O)CSc2nnc(-c3ccccc3F)n2C)cc1. The number of rotatable bonds is 7. The third-order valence-corrected chi connectivity index (χ3v) is 4.98. The van der Waals surface area contributed by atoms with Gasteiger partial charge >= 0.3 is 0 Å². The van der Waals surface area contributed by atoms with Crippen LogP contribution in [0.3, 0.4) is 0 Å². The Kier molecular flexibility index (Phi) is 5.90. The Hall–Kier alpha value is -2.38. The van der Waals surface area contributed by atoms with Crippen molar-refractivity contribution >= 4 is 11.8 Å². The Bertz CT molecular complexity index is 867. The van der Waals surface area contributed by atoms with Crippen molar-refractivity contribution in [2.75, 3.05) is 12.4 Å². The van der Waals surface area contributed by atoms with Crippen LogP contribution in [0.4, 0.5) is 4.39 Å². The standard InChI is InChI=1S/C19H20FN3O2S/c1-13-7-9-15(10-8-13)25-11-14(24)12-26-19-22-21-18(23(19)2)16-5-3-4-6-17(16)20/h3-10,14,24H,11-12H2,1-2H3/t14-/m0/s1. The molecule has 0 unspecified atom stereocenters. The number of aliphatic hydroxyl groups is 1. The van der Waals surface area contributed by atoms with Crippen LogP contribution in [0.15, 0.2) is 53.7 Å². The summed E-state index contributed by atoms with van der Waals surface area (Å²) >= 11 is 1.35. The molecule has 7 heteroatoms. The Morgan fingerprint density at radius 3 is 2.62 bits per heavy atom. The first kappa shape index (κ1) is 18.4. The van der Waals surface area contributed by atoms with E-state index in [1.54, 1.807) is 29.8 Å². The van der Waals surface area contributed by atoms with Crippen LogP contribution in [-0.4, -0.2) is 38.3 Å². The van der Waals surface area contributed by atoms with Gasteiger partial charge in [-0.25, -0.2) is 4.39 Å². The average molecular weight is 373 g/mol. The van der Waals surface area contributed by atoms with E-state index in [-0.39, 0.29) is 12.4 Å². The number of benzene rings is 2. The van der Waals surface area contributed by atoms with Crippen molar-refractivity contribution in [1.82, 2.24) is 14.8 Å². The molecule has 0 saturated carbocycles. The number of thioether (sulfide) groups is 1. The van der Waals surface area contributed by atoms with Crippen molar-refractivity contribution in [1.29, 1.82) is 0 Å². The number of ether oxygens (including phenoxy) is 1. The normalized spacial score (nSPS) is 12.2. The van der Waals surface area contributed by atoms with Crippen LogP contribution in [0, 0.1) is 12.7 Å². The topological polar surface area (TPSA) is 60.2 Å². The summed E-state index contributed by atoms with van der Waals surface area (Å²) in [5, 5.41) is 18.9. The molecule has 1 atom stereocenters. The predicted molar refractivity (Wildman–Crippen MR) is 99.8 cm³/mol. The van der Waals surface area contributed by atoms with Crippen molar-refractivity contribution < 1.29 is 14.2 Å². The van der Waals surface area contributed by atoms with Gasteiger partial charge in [-0.2, -0.15) is 0 Å². The zero-order valence-electron chi connectivity index (χ0n) is 14.6. The molecule has 0 fully saturated rings. The van der Waals surface area contributed by atoms with Gasteiger partial charge < -0.3 is 14.4 Å². The Labute approximate surface area is 155 Å². The van der Waals surface area contributed by atoms with Crippen molar-refractivity contribution in [3.8, 4) is 17.1 Å². The van der Waals surface area contributed by atoms with E-state index in [1.165, 1.54) is 17.8 Å². The van der Waals surface area contributed by atoms with E-state index in [0.29, 0.717) is 22.3 Å². The molecule has 1 N–H and O–H groups in total. The van der Waals surface area contributed by atoms with Crippen molar-refractivity contribution in [3.63, 3.8) is 0 Å². The van der Waals surface area contributed by atoms with E-state index in [4.69, 9.17) is 4.74 Å². The van der Waals surface area contributed by atoms with E-state index in [1.807, 2.05) is 31.2 Å². The second kappa shape index (κ2) is 8.33. The predicted octanol–water partition coefficient (Wildman–Crippen LogP) is 3.46. The smallest absolute Gasteiger partial charge is 0.191 e. The fourth-order valence-corrected chi connectivity index (χ4v) is 3.18. The van der Waals surface area contributed by atoms with Crippen molar-refractivity contribution in [2.45, 2.75) is 18.2 Å². The van der Waals surface area contributed by atoms with E-state index in [9.17, 15) is 9.50 Å². The highest BCUT2D eigenvalue weighted by Crippen LogP contribution is 2.25. The molecular weight excluding hydrogens is 353 g/mol. The number of aromatic nitrogens is 3. The molecule has 0 amide bonds. The fraction of sp³-hybridized carbons (Fsp3) is 0.263. The Balaban J connectivity index is 1.56. The third kappa shape index (κ3) is 4.42. The molecule has 3 aromatic rings. The average Bonchev–Trinajstić information content (AvgIpc) is 3.00. The molecule has 0 bridgehead atoms. The highest BCUT2D eigenvalue weighted by molar-refractivity contribution is 7.99. The second-order valence-electron chi connectivity index (χ2n) is 5.93. The maximum Gasteiger partial charge on any atom is 0.191 e. The molecule has 5 nitrogen and oxygen atoms in total. The van der Waals surface area contributed by atoms with Gasteiger partial charge in [-0.15, -0.1) is 10.2 Å². The molecule has 3 rings (SSSR count). The first-order chi connectivity index (χ1) is 12.5. The van der Waals surface area contributed by atoms with Crippen molar-refractivity contribution in [3.05, 3.63) is 59.9 Å². The number of halogens is 1. The first-order valence-corrected chi connectivity index (χ1v) is 9.18. The largest absolute Gasteiger partial charge is 0.491 e. The number of nitrogens with zero attached hydrogens (tertiary/aromatic N) is 3. The number of hydrogen-bond acceptors (Lipinski definition) is 5. The molecule has 26 heavy (non-hydrogen) atoms. The summed E-state index contributed by atoms with van der Waals surface area (Å²) in [6.45, 7) is 2.19. The summed E-state index contributed by atoms with van der Waals surface area (Å²) in [4.78, 5) is 0. The van der Waals surface area contributed by atoms with Gasteiger partial charge in [-0.1, -0.05) is 41.6 Å². The lowest BCUT2D eigenvalue weighted by Crippen LogP contribution is -2.20. The van der Waals surface area contributed by atoms with Gasteiger partial charge in [-0.05, 0) is 31.2 Å². The quantitative estimate of drug-likeness (QED) is 0.643. The van der Waals surface area contributed by atoms with Crippen LogP contribution in [0.2, 0.25) is 0 Å². The lowest BCUT2D eigenvalue weighted by atomic mass is 10.2. The summed E-state index contributed by atoms with van der Waals surface area (Å²) in [6, 6.07) is 14.1. The van der Waals surface area contributed by atoms with E-state index >= 15 is 0 Å². The van der Waals surface area contributed by atoms with E-state index in [2.05, 4.69) is 10.2 Å². The molecule has 1 aromatic heterocycles. The van der Waals surface area contributed by atoms with Crippen LogP contribution >= 0.6 is 11.8 Å². The minimum atomic E-state index is -0.657. The molecule has 136 valence electrons. The summed E-state index contributed by atoms with van der Waals surface area (Å²) < 4.78 is 21.2. The lowest BCUT2D eigenvalue weighted by molar-refractivity contribution is 0.126. The molecule has 0 aliphatic rings. The second-order valence-corrected chi connectivity index (χ2v) is 6.92. The van der Waals surface area contributed by atoms with Gasteiger partial charge in [0.2, 0.25) is 0 Å². The van der Waals surface area contributed by atoms with Gasteiger partial charge in [0, 0.05) is 12.8 Å². The molecule has 0 radical (unpaired) electrons. The summed E-state index contributed by atoms with van der Waals surface area (Å²) in [6.07, 6.45) is -0.657. The maximum atomic E-state index is 13.9. The van der Waals surface area contributed by atoms with Crippen LogP contribution < -0.4 is 4.74 Å². The zero-order chi connectivity index (χ0) is 18.5. The molecule has 1 heterocycles. The molecule has 0 aliphatic heterocycles. The maximum absolute atomic E-state index is 13.9. The molecule has 0 spiro atoms. The van der Waals surface area contributed by atoms with Gasteiger partial charge in [0.1, 0.15) is 18.2 Å². The molecule has 2 aromatic carbocycles. The van der Waals surface area contributed by atoms with Crippen LogP contribution in [0.5, 0.6) is 5.75 Å². The summed E-state index contributed by atoms with van der Waals surface area (Å²) in [7, 11) is 1.78. The highest BCUT2D eigenvalue weighted by atomic mass is 32.2. The first-order valence-electron chi connectivity index (χ1n) is 8.19. The van der Waals surface area contributed by atoms with Crippen molar-refractivity contribution in [2.24, 2.45) is 7.05 Å². The minimum absolute atomic E-state index is 0.189. The van der Waals surface area contributed by atoms with Crippen LogP contribution in [-0.2, 0) is 7.05 Å². The number of aliphatic hydroxyl groups excluding tert-OH is 1. The van der Waals surface area contributed by atoms with Gasteiger partial charge in [-0.3, -0.25) is 0 Å². The molecular formula is C19H20FN3O2S. The monoisotopic (exact) mass is 373 g/mol. The summed E-state index contributed by atoms with van der Waals surface area (Å²) in [5.74, 6) is 1.23. The summed E-state index contributed by atoms with van der Waals surface area (Å²) in [5.41, 5.74) is 1.55. The fourth-order valence-electron chi connectivity index (χ4n) is 2.36. The number of hydrogen-bond donors (Lipinski definition) is 1. The lowest BCUT2D eigenvalue weighted by Gasteiger charge is -2.12. The Morgan fingerprint density at radius 1 is 1.15 bits per heavy atom. The zero-order valence-corrected chi connectivity index (χ0v) is 15.4. The highest BCUT2D eigenvalue weighted by Gasteiger charge is 2.16. The van der Waals surface area contributed by atoms with Crippen LogP contribution in [0.1, 0.15) is 5.56 Å². The third-order valence-electron chi connectivity index (χ3n) is 3.82. The Morgan fingerprint density at radius 2 is 1.88 bits per heavy atom. The van der Waals surface area contributed by atoms with E-state index in [0.717, 1.165) is 11.3 Å². The number of aryl methyl sites for hydroxylation is 1. The van der Waals surface area contributed by atoms with Gasteiger partial charge in [0.05, 0.1) is 11.7 Å². The molecule has 0 aliphatic carbocycles. The van der Waals surface area contributed by atoms with Crippen LogP contribution in [0.25, 0.3) is 11.4 Å². The minimum Gasteiger partial charge on any atom is -0.491 e. The van der Waals surface area contributed by atoms with E-state index < -0.39 is 6.10 Å². The van der Waals surface area contributed by atoms with Gasteiger partial charge in [0.15, 0.2) is 11.0 Å². The molecule has 0 saturated heterocycles. The van der Waals surface area contributed by atoms with Gasteiger partial charge in [0.25, 0.3) is 0 Å².